The first kappa shape index (κ1) is 13.9. The third-order valence-electron chi connectivity index (χ3n) is 2.61. The van der Waals surface area contributed by atoms with E-state index in [1.54, 1.807) is 18.5 Å². The summed E-state index contributed by atoms with van der Waals surface area (Å²) in [5.41, 5.74) is 4.12. The van der Waals surface area contributed by atoms with Crippen molar-refractivity contribution >= 4 is 11.3 Å². The molecule has 1 unspecified atom stereocenters. The van der Waals surface area contributed by atoms with Crippen molar-refractivity contribution in [2.75, 3.05) is 0 Å². The van der Waals surface area contributed by atoms with Crippen LogP contribution >= 0.6 is 11.3 Å². The van der Waals surface area contributed by atoms with Crippen molar-refractivity contribution in [1.29, 1.82) is 0 Å². The lowest BCUT2D eigenvalue weighted by molar-refractivity contribution is -0.137. The summed E-state index contributed by atoms with van der Waals surface area (Å²) < 4.78 is 37.6. The van der Waals surface area contributed by atoms with Gasteiger partial charge in [0.15, 0.2) is 5.01 Å². The number of alkyl halides is 3. The molecule has 0 amide bonds. The molecule has 3 N–H and O–H groups in total. The summed E-state index contributed by atoms with van der Waals surface area (Å²) in [6.07, 6.45) is -0.0659. The van der Waals surface area contributed by atoms with E-state index in [9.17, 15) is 13.2 Å². The van der Waals surface area contributed by atoms with Crippen LogP contribution in [-0.2, 0) is 6.18 Å². The highest BCUT2D eigenvalue weighted by atomic mass is 32.1. The van der Waals surface area contributed by atoms with E-state index < -0.39 is 17.2 Å². The lowest BCUT2D eigenvalue weighted by Gasteiger charge is -2.15. The van der Waals surface area contributed by atoms with Crippen LogP contribution in [0.2, 0.25) is 0 Å². The Bertz CT molecular complexity index is 567. The number of hydrazine groups is 1. The molecule has 0 aliphatic rings. The summed E-state index contributed by atoms with van der Waals surface area (Å²) >= 11 is 0.570. The number of hydrogen-bond donors (Lipinski definition) is 2. The smallest absolute Gasteiger partial charge is 0.271 e. The summed E-state index contributed by atoms with van der Waals surface area (Å²) in [5, 5.41) is -0.885. The number of aromatic nitrogens is 2. The number of pyridine rings is 1. The molecule has 0 aliphatic carbocycles. The van der Waals surface area contributed by atoms with E-state index >= 15 is 0 Å². The summed E-state index contributed by atoms with van der Waals surface area (Å²) in [6, 6.07) is 1.22. The zero-order chi connectivity index (χ0) is 14.0. The Labute approximate surface area is 111 Å². The van der Waals surface area contributed by atoms with Crippen LogP contribution in [0.1, 0.15) is 27.1 Å². The Kier molecular flexibility index (Phi) is 3.83. The molecule has 8 heteroatoms. The molecule has 102 valence electrons. The van der Waals surface area contributed by atoms with Gasteiger partial charge in [-0.25, -0.2) is 10.4 Å². The molecule has 19 heavy (non-hydrogen) atoms. The molecule has 0 radical (unpaired) electrons. The summed E-state index contributed by atoms with van der Waals surface area (Å²) in [5.74, 6) is 5.44. The molecule has 0 bridgehead atoms. The number of aryl methyl sites for hydroxylation is 1. The van der Waals surface area contributed by atoms with E-state index in [-0.39, 0.29) is 0 Å². The first-order valence-corrected chi connectivity index (χ1v) is 6.14. The molecule has 0 aliphatic heterocycles. The molecule has 1 atom stereocenters. The Morgan fingerprint density at radius 1 is 1.37 bits per heavy atom. The maximum absolute atomic E-state index is 12.5. The van der Waals surface area contributed by atoms with E-state index in [1.165, 1.54) is 6.20 Å². The lowest BCUT2D eigenvalue weighted by Crippen LogP contribution is -2.28. The van der Waals surface area contributed by atoms with Crippen molar-refractivity contribution in [2.24, 2.45) is 5.84 Å². The van der Waals surface area contributed by atoms with E-state index in [0.717, 1.165) is 11.1 Å². The van der Waals surface area contributed by atoms with Gasteiger partial charge in [0.05, 0.1) is 6.04 Å². The summed E-state index contributed by atoms with van der Waals surface area (Å²) in [6.45, 7) is 1.84. The van der Waals surface area contributed by atoms with Crippen molar-refractivity contribution in [2.45, 2.75) is 19.1 Å². The Hall–Kier alpha value is -1.51. The van der Waals surface area contributed by atoms with Gasteiger partial charge < -0.3 is 0 Å². The normalized spacial score (nSPS) is 13.5. The second kappa shape index (κ2) is 5.24. The number of halogens is 3. The maximum atomic E-state index is 12.5. The topological polar surface area (TPSA) is 63.8 Å². The van der Waals surface area contributed by atoms with Gasteiger partial charge in [0.25, 0.3) is 0 Å². The van der Waals surface area contributed by atoms with Gasteiger partial charge >= 0.3 is 6.18 Å². The highest BCUT2D eigenvalue weighted by Crippen LogP contribution is 2.36. The van der Waals surface area contributed by atoms with Crippen LogP contribution in [0.4, 0.5) is 13.2 Å². The molecule has 0 fully saturated rings. The van der Waals surface area contributed by atoms with Gasteiger partial charge in [0.1, 0.15) is 0 Å². The quantitative estimate of drug-likeness (QED) is 0.672. The molecular formula is C11H11F3N4S. The highest BCUT2D eigenvalue weighted by Gasteiger charge is 2.35. The zero-order valence-electron chi connectivity index (χ0n) is 9.90. The number of nitrogens with two attached hydrogens (primary N) is 1. The SMILES string of the molecule is Cc1ccncc1C(NN)c1cnc(C(F)(F)F)s1. The molecule has 0 spiro atoms. The van der Waals surface area contributed by atoms with Crippen LogP contribution in [0, 0.1) is 6.92 Å². The molecule has 0 saturated carbocycles. The third-order valence-corrected chi connectivity index (χ3v) is 3.71. The Morgan fingerprint density at radius 3 is 2.63 bits per heavy atom. The standard InChI is InChI=1S/C11H11F3N4S/c1-6-2-3-16-4-7(6)9(18-15)8-5-17-10(19-8)11(12,13)14/h2-5,9,18H,15H2,1H3. The van der Waals surface area contributed by atoms with Gasteiger partial charge in [-0.15, -0.1) is 11.3 Å². The van der Waals surface area contributed by atoms with E-state index in [0.29, 0.717) is 16.2 Å². The van der Waals surface area contributed by atoms with E-state index in [2.05, 4.69) is 15.4 Å². The fourth-order valence-electron chi connectivity index (χ4n) is 1.65. The van der Waals surface area contributed by atoms with Crippen LogP contribution in [-0.4, -0.2) is 9.97 Å². The summed E-state index contributed by atoms with van der Waals surface area (Å²) in [7, 11) is 0. The minimum absolute atomic E-state index is 0.394. The van der Waals surface area contributed by atoms with Crippen molar-refractivity contribution in [3.63, 3.8) is 0 Å². The number of rotatable bonds is 3. The molecule has 2 aromatic heterocycles. The van der Waals surface area contributed by atoms with Gasteiger partial charge in [0.2, 0.25) is 0 Å². The molecule has 0 saturated heterocycles. The average molecular weight is 288 g/mol. The predicted molar refractivity (Wildman–Crippen MR) is 65.3 cm³/mol. The highest BCUT2D eigenvalue weighted by molar-refractivity contribution is 7.11. The zero-order valence-corrected chi connectivity index (χ0v) is 10.7. The molecular weight excluding hydrogens is 277 g/mol. The van der Waals surface area contributed by atoms with Crippen molar-refractivity contribution in [3.05, 3.63) is 45.7 Å². The van der Waals surface area contributed by atoms with Gasteiger partial charge in [-0.05, 0) is 24.1 Å². The van der Waals surface area contributed by atoms with Crippen molar-refractivity contribution in [1.82, 2.24) is 15.4 Å². The predicted octanol–water partition coefficient (Wildman–Crippen LogP) is 2.42. The minimum Gasteiger partial charge on any atom is -0.271 e. The lowest BCUT2D eigenvalue weighted by atomic mass is 10.0. The number of hydrogen-bond acceptors (Lipinski definition) is 5. The maximum Gasteiger partial charge on any atom is 0.443 e. The van der Waals surface area contributed by atoms with Crippen LogP contribution in [0.3, 0.4) is 0 Å². The van der Waals surface area contributed by atoms with Gasteiger partial charge in [-0.3, -0.25) is 10.8 Å². The van der Waals surface area contributed by atoms with Crippen molar-refractivity contribution in [3.8, 4) is 0 Å². The fraction of sp³-hybridized carbons (Fsp3) is 0.273. The number of nitrogens with zero attached hydrogens (tertiary/aromatic N) is 2. The monoisotopic (exact) mass is 288 g/mol. The molecule has 2 heterocycles. The first-order chi connectivity index (χ1) is 8.93. The Balaban J connectivity index is 2.38. The fourth-order valence-corrected chi connectivity index (χ4v) is 2.52. The molecule has 0 aromatic carbocycles. The second-order valence-corrected chi connectivity index (χ2v) is 4.96. The van der Waals surface area contributed by atoms with E-state index in [4.69, 9.17) is 5.84 Å². The molecule has 2 rings (SSSR count). The van der Waals surface area contributed by atoms with Crippen molar-refractivity contribution < 1.29 is 13.2 Å². The van der Waals surface area contributed by atoms with Gasteiger partial charge in [-0.2, -0.15) is 13.2 Å². The number of thiazole rings is 1. The average Bonchev–Trinajstić information content (AvgIpc) is 2.82. The summed E-state index contributed by atoms with van der Waals surface area (Å²) in [4.78, 5) is 7.75. The molecule has 2 aromatic rings. The molecule has 4 nitrogen and oxygen atoms in total. The van der Waals surface area contributed by atoms with Crippen LogP contribution in [0.15, 0.2) is 24.7 Å². The largest absolute Gasteiger partial charge is 0.443 e. The van der Waals surface area contributed by atoms with E-state index in [1.807, 2.05) is 6.92 Å². The van der Waals surface area contributed by atoms with Gasteiger partial charge in [-0.1, -0.05) is 0 Å². The third kappa shape index (κ3) is 2.91. The van der Waals surface area contributed by atoms with Crippen LogP contribution < -0.4 is 11.3 Å². The first-order valence-electron chi connectivity index (χ1n) is 5.33. The second-order valence-electron chi connectivity index (χ2n) is 3.90. The van der Waals surface area contributed by atoms with Gasteiger partial charge in [0, 0.05) is 23.5 Å². The number of nitrogens with one attached hydrogen (secondary N) is 1. The van der Waals surface area contributed by atoms with Crippen LogP contribution in [0.5, 0.6) is 0 Å². The minimum atomic E-state index is -4.44. The van der Waals surface area contributed by atoms with Crippen LogP contribution in [0.25, 0.3) is 0 Å². The Morgan fingerprint density at radius 2 is 2.11 bits per heavy atom.